The van der Waals surface area contributed by atoms with E-state index in [1.807, 2.05) is 0 Å². The van der Waals surface area contributed by atoms with Gasteiger partial charge in [-0.3, -0.25) is 9.10 Å². The van der Waals surface area contributed by atoms with E-state index in [9.17, 15) is 21.6 Å². The summed E-state index contributed by atoms with van der Waals surface area (Å²) < 4.78 is 50.6. The fourth-order valence-corrected chi connectivity index (χ4v) is 6.23. The van der Waals surface area contributed by atoms with Gasteiger partial charge in [0.1, 0.15) is 4.88 Å². The molecule has 1 aliphatic heterocycles. The first-order valence-electron chi connectivity index (χ1n) is 9.06. The second-order valence-electron chi connectivity index (χ2n) is 6.82. The topological polar surface area (TPSA) is 127 Å². The molecule has 0 saturated carbocycles. The van der Waals surface area contributed by atoms with Crippen LogP contribution < -0.4 is 14.8 Å². The van der Waals surface area contributed by atoms with Crippen LogP contribution in [0.3, 0.4) is 0 Å². The van der Waals surface area contributed by atoms with Crippen molar-refractivity contribution in [3.63, 3.8) is 0 Å². The molecule has 0 aliphatic carbocycles. The molecule has 3 aromatic rings. The maximum absolute atomic E-state index is 13.3. The third-order valence-corrected chi connectivity index (χ3v) is 8.55. The minimum atomic E-state index is -4.17. The monoisotopic (exact) mass is 509 g/mol. The van der Waals surface area contributed by atoms with Gasteiger partial charge in [0.05, 0.1) is 17.1 Å². The number of fused-ring (bicyclic) bond motifs is 1. The molecule has 4 rings (SSSR count). The van der Waals surface area contributed by atoms with E-state index in [0.717, 1.165) is 17.5 Å². The summed E-state index contributed by atoms with van der Waals surface area (Å²) >= 11 is 7.07. The van der Waals surface area contributed by atoms with E-state index in [2.05, 4.69) is 5.32 Å². The number of anilines is 2. The number of benzene rings is 2. The number of Topliss-reactive ketones (excluding diaryl/α,β-unsaturated/α-hetero) is 1. The molecule has 0 spiro atoms. The van der Waals surface area contributed by atoms with Gasteiger partial charge in [-0.2, -0.15) is 0 Å². The number of ketones is 1. The molecule has 12 heteroatoms. The van der Waals surface area contributed by atoms with Gasteiger partial charge in [-0.1, -0.05) is 23.7 Å². The number of hydrogen-bond donors (Lipinski definition) is 2. The highest BCUT2D eigenvalue weighted by Gasteiger charge is 2.41. The fourth-order valence-electron chi connectivity index (χ4n) is 3.10. The number of halogens is 1. The summed E-state index contributed by atoms with van der Waals surface area (Å²) in [5.41, 5.74) is 1.41. The number of sulfonamides is 2. The standard InChI is InChI=1S/C20H16ClN3O5S3/c21-14-3-1-13(2-4-14)12-24-17-9-10-30-20(17)19(25)18(32(24,28)29)11-23-15-5-7-16(8-6-15)31(22,26)27/h1-11,23H,12H2,(H2,22,26,27)/b18-11-. The van der Waals surface area contributed by atoms with E-state index in [4.69, 9.17) is 16.7 Å². The molecule has 0 radical (unpaired) electrons. The normalized spacial score (nSPS) is 16.8. The Morgan fingerprint density at radius 2 is 1.72 bits per heavy atom. The number of allylic oxidation sites excluding steroid dienone is 1. The second kappa shape index (κ2) is 8.34. The van der Waals surface area contributed by atoms with Crippen LogP contribution in [0.2, 0.25) is 5.02 Å². The quantitative estimate of drug-likeness (QED) is 0.506. The first-order chi connectivity index (χ1) is 15.1. The third-order valence-electron chi connectivity index (χ3n) is 4.70. The minimum absolute atomic E-state index is 0.0247. The average molecular weight is 510 g/mol. The molecule has 3 N–H and O–H groups in total. The second-order valence-corrected chi connectivity index (χ2v) is 11.6. The lowest BCUT2D eigenvalue weighted by atomic mass is 10.2. The first kappa shape index (κ1) is 22.5. The number of nitrogens with zero attached hydrogens (tertiary/aromatic N) is 1. The molecule has 0 fully saturated rings. The minimum Gasteiger partial charge on any atom is -0.360 e. The van der Waals surface area contributed by atoms with Crippen molar-refractivity contribution in [2.75, 3.05) is 9.62 Å². The maximum Gasteiger partial charge on any atom is 0.270 e. The van der Waals surface area contributed by atoms with Crippen molar-refractivity contribution in [3.8, 4) is 0 Å². The van der Waals surface area contributed by atoms with Crippen molar-refractivity contribution >= 4 is 60.1 Å². The highest BCUT2D eigenvalue weighted by Crippen LogP contribution is 2.39. The highest BCUT2D eigenvalue weighted by atomic mass is 35.5. The van der Waals surface area contributed by atoms with Crippen LogP contribution in [0.15, 0.2) is 76.0 Å². The molecule has 0 atom stereocenters. The van der Waals surface area contributed by atoms with E-state index < -0.39 is 30.7 Å². The van der Waals surface area contributed by atoms with E-state index in [-0.39, 0.29) is 11.4 Å². The van der Waals surface area contributed by atoms with Crippen molar-refractivity contribution < 1.29 is 21.6 Å². The van der Waals surface area contributed by atoms with Crippen LogP contribution in [0, 0.1) is 0 Å². The fraction of sp³-hybridized carbons (Fsp3) is 0.0500. The Morgan fingerprint density at radius 3 is 2.34 bits per heavy atom. The third kappa shape index (κ3) is 4.30. The summed E-state index contributed by atoms with van der Waals surface area (Å²) in [7, 11) is -8.02. The van der Waals surface area contributed by atoms with E-state index in [0.29, 0.717) is 26.8 Å². The number of rotatable bonds is 5. The predicted octanol–water partition coefficient (Wildman–Crippen LogP) is 3.54. The lowest BCUT2D eigenvalue weighted by Crippen LogP contribution is -2.38. The average Bonchev–Trinajstić information content (AvgIpc) is 3.22. The zero-order valence-corrected chi connectivity index (χ0v) is 19.4. The molecule has 32 heavy (non-hydrogen) atoms. The predicted molar refractivity (Wildman–Crippen MR) is 125 cm³/mol. The van der Waals surface area contributed by atoms with Gasteiger partial charge in [-0.25, -0.2) is 22.0 Å². The molecule has 0 unspecified atom stereocenters. The summed E-state index contributed by atoms with van der Waals surface area (Å²) in [6.45, 7) is 0.0247. The van der Waals surface area contributed by atoms with Crippen molar-refractivity contribution in [2.24, 2.45) is 5.14 Å². The Balaban J connectivity index is 1.69. The Labute approximate surface area is 194 Å². The van der Waals surface area contributed by atoms with Crippen molar-refractivity contribution in [2.45, 2.75) is 11.4 Å². The SMILES string of the molecule is NS(=O)(=O)c1ccc(N/C=C2/C(=O)c3sccc3N(Cc3ccc(Cl)cc3)S2(=O)=O)cc1. The Hall–Kier alpha value is -2.70. The first-order valence-corrected chi connectivity index (χ1v) is 13.3. The van der Waals surface area contributed by atoms with Gasteiger partial charge < -0.3 is 5.32 Å². The van der Waals surface area contributed by atoms with Gasteiger partial charge in [0, 0.05) is 16.9 Å². The van der Waals surface area contributed by atoms with E-state index in [1.54, 1.807) is 35.7 Å². The molecule has 2 aromatic carbocycles. The molecular weight excluding hydrogens is 494 g/mol. The van der Waals surface area contributed by atoms with Crippen LogP contribution in [-0.2, 0) is 26.6 Å². The largest absolute Gasteiger partial charge is 0.360 e. The number of hydrogen-bond acceptors (Lipinski definition) is 7. The number of thiophene rings is 1. The van der Waals surface area contributed by atoms with E-state index >= 15 is 0 Å². The summed E-state index contributed by atoms with van der Waals surface area (Å²) in [5.74, 6) is -0.615. The van der Waals surface area contributed by atoms with Crippen LogP contribution in [0.1, 0.15) is 15.2 Å². The van der Waals surface area contributed by atoms with Crippen molar-refractivity contribution in [1.82, 2.24) is 0 Å². The van der Waals surface area contributed by atoms with Gasteiger partial charge >= 0.3 is 0 Å². The summed E-state index contributed by atoms with van der Waals surface area (Å²) in [6.07, 6.45) is 1.11. The van der Waals surface area contributed by atoms with Crippen LogP contribution in [0.25, 0.3) is 0 Å². The van der Waals surface area contributed by atoms with Gasteiger partial charge in [-0.15, -0.1) is 11.3 Å². The maximum atomic E-state index is 13.3. The zero-order valence-electron chi connectivity index (χ0n) is 16.2. The number of carbonyl (C=O) groups excluding carboxylic acids is 1. The van der Waals surface area contributed by atoms with Crippen molar-refractivity contribution in [3.05, 3.63) is 86.5 Å². The van der Waals surface area contributed by atoms with Gasteiger partial charge in [-0.05, 0) is 53.4 Å². The number of nitrogens with two attached hydrogens (primary N) is 1. The Bertz CT molecular complexity index is 1430. The van der Waals surface area contributed by atoms with Crippen molar-refractivity contribution in [1.29, 1.82) is 0 Å². The Kier molecular flexibility index (Phi) is 5.86. The van der Waals surface area contributed by atoms with Crippen LogP contribution >= 0.6 is 22.9 Å². The molecule has 2 heterocycles. The van der Waals surface area contributed by atoms with Crippen LogP contribution in [-0.4, -0.2) is 22.6 Å². The zero-order chi connectivity index (χ0) is 23.1. The number of carbonyl (C=O) groups is 1. The lowest BCUT2D eigenvalue weighted by molar-refractivity contribution is 0.104. The highest BCUT2D eigenvalue weighted by molar-refractivity contribution is 7.97. The molecule has 0 saturated heterocycles. The molecular formula is C20H16ClN3O5S3. The summed E-state index contributed by atoms with van der Waals surface area (Å²) in [6, 6.07) is 13.7. The van der Waals surface area contributed by atoms with Crippen LogP contribution in [0.4, 0.5) is 11.4 Å². The summed E-state index contributed by atoms with van der Waals surface area (Å²) in [4.78, 5) is 12.7. The van der Waals surface area contributed by atoms with Gasteiger partial charge in [0.25, 0.3) is 10.0 Å². The molecule has 1 aromatic heterocycles. The van der Waals surface area contributed by atoms with Gasteiger partial charge in [0.15, 0.2) is 4.91 Å². The lowest BCUT2D eigenvalue weighted by Gasteiger charge is -2.29. The molecule has 1 aliphatic rings. The molecule has 0 amide bonds. The smallest absolute Gasteiger partial charge is 0.270 e. The molecule has 8 nitrogen and oxygen atoms in total. The number of nitrogens with one attached hydrogen (secondary N) is 1. The molecule has 0 bridgehead atoms. The van der Waals surface area contributed by atoms with Crippen LogP contribution in [0.5, 0.6) is 0 Å². The summed E-state index contributed by atoms with van der Waals surface area (Å²) in [5, 5.41) is 10.0. The van der Waals surface area contributed by atoms with Gasteiger partial charge in [0.2, 0.25) is 15.8 Å². The Morgan fingerprint density at radius 1 is 1.06 bits per heavy atom. The molecule has 166 valence electrons. The number of primary sulfonamides is 1. The van der Waals surface area contributed by atoms with E-state index in [1.165, 1.54) is 28.6 Å².